The van der Waals surface area contributed by atoms with Gasteiger partial charge in [-0.25, -0.2) is 4.98 Å². The van der Waals surface area contributed by atoms with Gasteiger partial charge >= 0.3 is 0 Å². The van der Waals surface area contributed by atoms with Gasteiger partial charge in [0.05, 0.1) is 0 Å². The highest BCUT2D eigenvalue weighted by molar-refractivity contribution is 5.34. The van der Waals surface area contributed by atoms with Crippen LogP contribution in [0.15, 0.2) is 55.4 Å². The van der Waals surface area contributed by atoms with Crippen LogP contribution in [-0.4, -0.2) is 9.55 Å². The molecular formula is C13H13N2. The monoisotopic (exact) mass is 197 g/mol. The quantitative estimate of drug-likeness (QED) is 0.689. The van der Waals surface area contributed by atoms with Crippen molar-refractivity contribution in [1.82, 2.24) is 9.55 Å². The zero-order valence-corrected chi connectivity index (χ0v) is 8.50. The lowest BCUT2D eigenvalue weighted by Crippen LogP contribution is -1.98. The maximum Gasteiger partial charge on any atom is 0.117 e. The third kappa shape index (κ3) is 2.15. The first-order chi connectivity index (χ1) is 7.42. The van der Waals surface area contributed by atoms with Gasteiger partial charge in [-0.05, 0) is 18.6 Å². The Balaban J connectivity index is 2.29. The first kappa shape index (κ1) is 9.71. The molecule has 1 aromatic heterocycles. The lowest BCUT2D eigenvalue weighted by atomic mass is 10.2. The summed E-state index contributed by atoms with van der Waals surface area (Å²) in [4.78, 5) is 4.29. The molecule has 0 saturated heterocycles. The maximum absolute atomic E-state index is 4.29. The summed E-state index contributed by atoms with van der Waals surface area (Å²) in [6.07, 6.45) is 8.53. The highest BCUT2D eigenvalue weighted by Crippen LogP contribution is 2.12. The number of aromatic nitrogens is 2. The number of hydrogen-bond acceptors (Lipinski definition) is 1. The molecule has 0 spiro atoms. The topological polar surface area (TPSA) is 17.8 Å². The molecule has 0 N–H and O–H groups in total. The molecule has 2 heteroatoms. The first-order valence-electron chi connectivity index (χ1n) is 4.94. The minimum Gasteiger partial charge on any atom is -0.304 e. The van der Waals surface area contributed by atoms with Crippen LogP contribution in [0.4, 0.5) is 0 Å². The highest BCUT2D eigenvalue weighted by atomic mass is 15.1. The van der Waals surface area contributed by atoms with Crippen LogP contribution in [0.3, 0.4) is 0 Å². The molecule has 15 heavy (non-hydrogen) atoms. The van der Waals surface area contributed by atoms with E-state index in [1.54, 1.807) is 0 Å². The number of para-hydroxylation sites is 1. The zero-order valence-electron chi connectivity index (χ0n) is 8.50. The van der Waals surface area contributed by atoms with Crippen molar-refractivity contribution in [2.24, 2.45) is 0 Å². The van der Waals surface area contributed by atoms with Gasteiger partial charge in [0.15, 0.2) is 0 Å². The molecular weight excluding hydrogens is 184 g/mol. The Morgan fingerprint density at radius 1 is 1.27 bits per heavy atom. The lowest BCUT2D eigenvalue weighted by Gasteiger charge is -2.05. The molecule has 0 bridgehead atoms. The number of hydrogen-bond donors (Lipinski definition) is 0. The minimum absolute atomic E-state index is 0.837. The molecule has 1 aromatic carbocycles. The fourth-order valence-corrected chi connectivity index (χ4v) is 1.46. The SMILES string of the molecule is C=CC[CH]c1nccn1-c1ccccc1. The second-order valence-electron chi connectivity index (χ2n) is 3.22. The van der Waals surface area contributed by atoms with Crippen molar-refractivity contribution in [3.05, 3.63) is 67.6 Å². The Labute approximate surface area is 89.9 Å². The Bertz CT molecular complexity index is 429. The smallest absolute Gasteiger partial charge is 0.117 e. The van der Waals surface area contributed by atoms with Gasteiger partial charge in [0.1, 0.15) is 5.82 Å². The molecule has 0 aliphatic heterocycles. The summed E-state index contributed by atoms with van der Waals surface area (Å²) in [6.45, 7) is 3.69. The number of allylic oxidation sites excluding steroid dienone is 1. The number of nitrogens with zero attached hydrogens (tertiary/aromatic N) is 2. The Kier molecular flexibility index (Phi) is 2.98. The van der Waals surface area contributed by atoms with E-state index >= 15 is 0 Å². The van der Waals surface area contributed by atoms with Gasteiger partial charge in [-0.15, -0.1) is 6.58 Å². The Morgan fingerprint density at radius 2 is 2.07 bits per heavy atom. The summed E-state index contributed by atoms with van der Waals surface area (Å²) < 4.78 is 2.06. The largest absolute Gasteiger partial charge is 0.304 e. The highest BCUT2D eigenvalue weighted by Gasteiger charge is 2.02. The zero-order chi connectivity index (χ0) is 10.5. The third-order valence-electron chi connectivity index (χ3n) is 2.17. The summed E-state index contributed by atoms with van der Waals surface area (Å²) in [5.74, 6) is 0.959. The number of rotatable bonds is 4. The summed E-state index contributed by atoms with van der Waals surface area (Å²) in [5, 5.41) is 0. The van der Waals surface area contributed by atoms with E-state index in [0.717, 1.165) is 17.9 Å². The van der Waals surface area contributed by atoms with E-state index < -0.39 is 0 Å². The average molecular weight is 197 g/mol. The van der Waals surface area contributed by atoms with E-state index in [2.05, 4.69) is 34.7 Å². The molecule has 1 radical (unpaired) electrons. The fourth-order valence-electron chi connectivity index (χ4n) is 1.46. The van der Waals surface area contributed by atoms with Crippen LogP contribution in [0.1, 0.15) is 12.2 Å². The van der Waals surface area contributed by atoms with Crippen molar-refractivity contribution in [3.63, 3.8) is 0 Å². The van der Waals surface area contributed by atoms with Crippen molar-refractivity contribution in [2.45, 2.75) is 6.42 Å². The lowest BCUT2D eigenvalue weighted by molar-refractivity contribution is 0.964. The molecule has 0 atom stereocenters. The van der Waals surface area contributed by atoms with Crippen molar-refractivity contribution < 1.29 is 0 Å². The van der Waals surface area contributed by atoms with Crippen LogP contribution in [0.5, 0.6) is 0 Å². The van der Waals surface area contributed by atoms with Crippen LogP contribution in [-0.2, 0) is 0 Å². The molecule has 2 nitrogen and oxygen atoms in total. The molecule has 75 valence electrons. The van der Waals surface area contributed by atoms with E-state index in [-0.39, 0.29) is 0 Å². The Morgan fingerprint density at radius 3 is 2.80 bits per heavy atom. The van der Waals surface area contributed by atoms with E-state index in [1.165, 1.54) is 0 Å². The van der Waals surface area contributed by atoms with Gasteiger partial charge in [0.25, 0.3) is 0 Å². The summed E-state index contributed by atoms with van der Waals surface area (Å²) >= 11 is 0. The van der Waals surface area contributed by atoms with Crippen LogP contribution in [0.25, 0.3) is 5.69 Å². The van der Waals surface area contributed by atoms with Crippen LogP contribution in [0.2, 0.25) is 0 Å². The minimum atomic E-state index is 0.837. The van der Waals surface area contributed by atoms with Crippen LogP contribution < -0.4 is 0 Å². The predicted molar refractivity (Wildman–Crippen MR) is 61.8 cm³/mol. The van der Waals surface area contributed by atoms with E-state index in [4.69, 9.17) is 0 Å². The van der Waals surface area contributed by atoms with Gasteiger partial charge in [-0.1, -0.05) is 24.3 Å². The predicted octanol–water partition coefficient (Wildman–Crippen LogP) is 3.00. The first-order valence-corrected chi connectivity index (χ1v) is 4.94. The fraction of sp³-hybridized carbons (Fsp3) is 0.0769. The standard InChI is InChI=1S/C13H13N2/c1-2-3-9-13-14-10-11-15(13)12-7-5-4-6-8-12/h2,4-11H,1,3H2. The molecule has 0 unspecified atom stereocenters. The number of benzene rings is 1. The van der Waals surface area contributed by atoms with E-state index in [9.17, 15) is 0 Å². The van der Waals surface area contributed by atoms with Crippen LogP contribution >= 0.6 is 0 Å². The molecule has 0 aliphatic carbocycles. The molecule has 2 rings (SSSR count). The normalized spacial score (nSPS) is 10.1. The van der Waals surface area contributed by atoms with Gasteiger partial charge in [-0.2, -0.15) is 0 Å². The molecule has 0 saturated carbocycles. The average Bonchev–Trinajstić information content (AvgIpc) is 2.75. The van der Waals surface area contributed by atoms with Gasteiger partial charge < -0.3 is 4.57 Å². The number of imidazole rings is 1. The van der Waals surface area contributed by atoms with Gasteiger partial charge in [-0.3, -0.25) is 0 Å². The molecule has 2 aromatic rings. The summed E-state index contributed by atoms with van der Waals surface area (Å²) in [5.41, 5.74) is 1.13. The maximum atomic E-state index is 4.29. The van der Waals surface area contributed by atoms with Gasteiger partial charge in [0, 0.05) is 24.5 Å². The molecule has 0 aliphatic rings. The van der Waals surface area contributed by atoms with Crippen LogP contribution in [0, 0.1) is 6.42 Å². The second-order valence-corrected chi connectivity index (χ2v) is 3.22. The third-order valence-corrected chi connectivity index (χ3v) is 2.17. The summed E-state index contributed by atoms with van der Waals surface area (Å²) in [7, 11) is 0. The molecule has 0 amide bonds. The van der Waals surface area contributed by atoms with E-state index in [1.807, 2.05) is 36.7 Å². The summed E-state index contributed by atoms with van der Waals surface area (Å²) in [6, 6.07) is 10.2. The Hall–Kier alpha value is -1.83. The molecule has 0 fully saturated rings. The molecule has 1 heterocycles. The van der Waals surface area contributed by atoms with Crippen molar-refractivity contribution in [2.75, 3.05) is 0 Å². The van der Waals surface area contributed by atoms with E-state index in [0.29, 0.717) is 0 Å². The van der Waals surface area contributed by atoms with Crippen molar-refractivity contribution in [3.8, 4) is 5.69 Å². The van der Waals surface area contributed by atoms with Gasteiger partial charge in [0.2, 0.25) is 0 Å². The van der Waals surface area contributed by atoms with Crippen molar-refractivity contribution in [1.29, 1.82) is 0 Å². The van der Waals surface area contributed by atoms with Crippen molar-refractivity contribution >= 4 is 0 Å². The second kappa shape index (κ2) is 4.60.